The lowest BCUT2D eigenvalue weighted by Gasteiger charge is -2.60. The monoisotopic (exact) mass is 472 g/mol. The first-order chi connectivity index (χ1) is 16.2. The number of rotatable bonds is 8. The normalized spacial score (nSPS) is 40.1. The maximum Gasteiger partial charge on any atom is 0.242 e. The Morgan fingerprint density at radius 1 is 0.912 bits per heavy atom. The number of carbonyl (C=O) groups excluding carboxylic acids is 2. The molecule has 2 amide bonds. The maximum absolute atomic E-state index is 12.7. The minimum atomic E-state index is -0.424. The SMILES string of the molecule is CCNC(=O)C(NC(=O)CCCC1CCC2C3CCC4CCCCC4(C)C3CCC12C)C(C)C. The second-order valence-electron chi connectivity index (χ2n) is 13.3. The quantitative estimate of drug-likeness (QED) is 0.424. The lowest BCUT2D eigenvalue weighted by molar-refractivity contribution is -0.130. The van der Waals surface area contributed by atoms with Crippen molar-refractivity contribution in [2.75, 3.05) is 6.54 Å². The van der Waals surface area contributed by atoms with Gasteiger partial charge in [0, 0.05) is 13.0 Å². The predicted octanol–water partition coefficient (Wildman–Crippen LogP) is 6.48. The number of hydrogen-bond donors (Lipinski definition) is 2. The van der Waals surface area contributed by atoms with Crippen molar-refractivity contribution in [2.45, 2.75) is 124 Å². The highest BCUT2D eigenvalue weighted by atomic mass is 16.2. The Hall–Kier alpha value is -1.06. The van der Waals surface area contributed by atoms with Crippen LogP contribution in [-0.2, 0) is 9.59 Å². The number of amides is 2. The molecule has 34 heavy (non-hydrogen) atoms. The highest BCUT2D eigenvalue weighted by Crippen LogP contribution is 2.67. The van der Waals surface area contributed by atoms with E-state index in [0.717, 1.165) is 36.0 Å². The van der Waals surface area contributed by atoms with Crippen LogP contribution in [0.3, 0.4) is 0 Å². The van der Waals surface area contributed by atoms with E-state index in [1.165, 1.54) is 70.6 Å². The molecular weight excluding hydrogens is 420 g/mol. The van der Waals surface area contributed by atoms with Crippen molar-refractivity contribution >= 4 is 11.8 Å². The van der Waals surface area contributed by atoms with Crippen LogP contribution in [0.4, 0.5) is 0 Å². The van der Waals surface area contributed by atoms with Crippen molar-refractivity contribution in [3.8, 4) is 0 Å². The zero-order valence-electron chi connectivity index (χ0n) is 22.8. The molecule has 0 radical (unpaired) electrons. The number of fused-ring (bicyclic) bond motifs is 5. The van der Waals surface area contributed by atoms with Crippen LogP contribution in [0.1, 0.15) is 118 Å². The molecule has 0 spiro atoms. The van der Waals surface area contributed by atoms with E-state index in [2.05, 4.69) is 24.5 Å². The predicted molar refractivity (Wildman–Crippen MR) is 139 cm³/mol. The van der Waals surface area contributed by atoms with Gasteiger partial charge < -0.3 is 10.6 Å². The molecule has 4 fully saturated rings. The van der Waals surface area contributed by atoms with Gasteiger partial charge in [0.15, 0.2) is 0 Å². The van der Waals surface area contributed by atoms with Gasteiger partial charge in [-0.15, -0.1) is 0 Å². The summed E-state index contributed by atoms with van der Waals surface area (Å²) in [6.07, 6.45) is 17.2. The molecular formula is C30H52N2O2. The molecule has 0 heterocycles. The van der Waals surface area contributed by atoms with Gasteiger partial charge in [0.05, 0.1) is 0 Å². The smallest absolute Gasteiger partial charge is 0.242 e. The van der Waals surface area contributed by atoms with Gasteiger partial charge in [-0.1, -0.05) is 40.5 Å². The third-order valence-electron chi connectivity index (χ3n) is 11.4. The first-order valence-corrected chi connectivity index (χ1v) is 14.8. The van der Waals surface area contributed by atoms with Crippen molar-refractivity contribution < 1.29 is 9.59 Å². The highest BCUT2D eigenvalue weighted by Gasteiger charge is 2.59. The maximum atomic E-state index is 12.7. The summed E-state index contributed by atoms with van der Waals surface area (Å²) in [6, 6.07) is -0.424. The van der Waals surface area contributed by atoms with E-state index in [4.69, 9.17) is 0 Å². The van der Waals surface area contributed by atoms with Crippen LogP contribution in [0.15, 0.2) is 0 Å². The molecule has 4 saturated carbocycles. The lowest BCUT2D eigenvalue weighted by Crippen LogP contribution is -2.52. The van der Waals surface area contributed by atoms with Gasteiger partial charge in [0.25, 0.3) is 0 Å². The van der Waals surface area contributed by atoms with Gasteiger partial charge in [-0.2, -0.15) is 0 Å². The van der Waals surface area contributed by atoms with E-state index in [-0.39, 0.29) is 17.7 Å². The van der Waals surface area contributed by atoms with E-state index < -0.39 is 6.04 Å². The van der Waals surface area contributed by atoms with Crippen LogP contribution >= 0.6 is 0 Å². The van der Waals surface area contributed by atoms with Crippen molar-refractivity contribution in [1.29, 1.82) is 0 Å². The summed E-state index contributed by atoms with van der Waals surface area (Å²) in [5.74, 6) is 4.68. The summed E-state index contributed by atoms with van der Waals surface area (Å²) < 4.78 is 0. The molecule has 4 aliphatic carbocycles. The van der Waals surface area contributed by atoms with Crippen molar-refractivity contribution in [2.24, 2.45) is 46.3 Å². The minimum absolute atomic E-state index is 0.0388. The Bertz CT molecular complexity index is 735. The summed E-state index contributed by atoms with van der Waals surface area (Å²) in [6.45, 7) is 11.8. The number of carbonyl (C=O) groups is 2. The Labute approximate surface area is 209 Å². The van der Waals surface area contributed by atoms with Gasteiger partial charge in [-0.05, 0) is 117 Å². The van der Waals surface area contributed by atoms with Crippen LogP contribution in [0.2, 0.25) is 0 Å². The van der Waals surface area contributed by atoms with Crippen molar-refractivity contribution in [3.05, 3.63) is 0 Å². The molecule has 0 aliphatic heterocycles. The largest absolute Gasteiger partial charge is 0.355 e. The zero-order chi connectivity index (χ0) is 24.5. The third-order valence-corrected chi connectivity index (χ3v) is 11.4. The number of likely N-dealkylation sites (N-methyl/N-ethyl adjacent to an activating group) is 1. The Morgan fingerprint density at radius 3 is 2.41 bits per heavy atom. The van der Waals surface area contributed by atoms with Gasteiger partial charge in [-0.3, -0.25) is 9.59 Å². The summed E-state index contributed by atoms with van der Waals surface area (Å²) in [5, 5.41) is 5.87. The Balaban J connectivity index is 1.31. The molecule has 0 aromatic heterocycles. The summed E-state index contributed by atoms with van der Waals surface area (Å²) >= 11 is 0. The first kappa shape index (κ1) is 26.0. The van der Waals surface area contributed by atoms with Crippen LogP contribution in [0, 0.1) is 46.3 Å². The fourth-order valence-electron chi connectivity index (χ4n) is 9.45. The fourth-order valence-corrected chi connectivity index (χ4v) is 9.45. The first-order valence-electron chi connectivity index (χ1n) is 14.8. The molecule has 4 rings (SSSR count). The second-order valence-corrected chi connectivity index (χ2v) is 13.3. The van der Waals surface area contributed by atoms with Gasteiger partial charge >= 0.3 is 0 Å². The van der Waals surface area contributed by atoms with Crippen LogP contribution in [0.25, 0.3) is 0 Å². The highest BCUT2D eigenvalue weighted by molar-refractivity contribution is 5.87. The second kappa shape index (κ2) is 10.5. The summed E-state index contributed by atoms with van der Waals surface area (Å²) in [5.41, 5.74) is 1.10. The van der Waals surface area contributed by atoms with Gasteiger partial charge in [-0.25, -0.2) is 0 Å². The van der Waals surface area contributed by atoms with E-state index >= 15 is 0 Å². The summed E-state index contributed by atoms with van der Waals surface area (Å²) in [4.78, 5) is 25.0. The van der Waals surface area contributed by atoms with Crippen molar-refractivity contribution in [3.63, 3.8) is 0 Å². The Morgan fingerprint density at radius 2 is 1.68 bits per heavy atom. The van der Waals surface area contributed by atoms with Gasteiger partial charge in [0.1, 0.15) is 6.04 Å². The molecule has 0 aromatic rings. The topological polar surface area (TPSA) is 58.2 Å². The lowest BCUT2D eigenvalue weighted by atomic mass is 9.45. The average molecular weight is 473 g/mol. The molecule has 8 atom stereocenters. The molecule has 194 valence electrons. The van der Waals surface area contributed by atoms with E-state index in [1.54, 1.807) is 0 Å². The van der Waals surface area contributed by atoms with E-state index in [0.29, 0.717) is 23.8 Å². The molecule has 2 N–H and O–H groups in total. The standard InChI is InChI=1S/C30H52N2O2/c1-6-31-28(34)27(20(2)3)32-26(33)12-9-11-22-14-16-24-23-15-13-21-10-7-8-18-29(21,4)25(23)17-19-30(22,24)5/h20-25,27H,6-19H2,1-5H3,(H,31,34)(H,32,33). The van der Waals surface area contributed by atoms with Crippen molar-refractivity contribution in [1.82, 2.24) is 10.6 Å². The molecule has 4 aliphatic rings. The average Bonchev–Trinajstić information content (AvgIpc) is 3.13. The molecule has 8 unspecified atom stereocenters. The Kier molecular flexibility index (Phi) is 8.04. The van der Waals surface area contributed by atoms with E-state index in [9.17, 15) is 9.59 Å². The molecule has 0 saturated heterocycles. The third kappa shape index (κ3) is 4.81. The minimum Gasteiger partial charge on any atom is -0.355 e. The van der Waals surface area contributed by atoms with Gasteiger partial charge in [0.2, 0.25) is 11.8 Å². The van der Waals surface area contributed by atoms with E-state index in [1.807, 2.05) is 20.8 Å². The molecule has 0 bridgehead atoms. The van der Waals surface area contributed by atoms with Crippen LogP contribution in [-0.4, -0.2) is 24.4 Å². The molecule has 4 nitrogen and oxygen atoms in total. The molecule has 0 aromatic carbocycles. The zero-order valence-corrected chi connectivity index (χ0v) is 22.8. The number of nitrogens with one attached hydrogen (secondary N) is 2. The fraction of sp³-hybridized carbons (Fsp3) is 0.933. The van der Waals surface area contributed by atoms with Crippen LogP contribution in [0.5, 0.6) is 0 Å². The summed E-state index contributed by atoms with van der Waals surface area (Å²) in [7, 11) is 0. The number of hydrogen-bond acceptors (Lipinski definition) is 2. The molecule has 4 heteroatoms. The van der Waals surface area contributed by atoms with Crippen LogP contribution < -0.4 is 10.6 Å².